The summed E-state index contributed by atoms with van der Waals surface area (Å²) in [5.41, 5.74) is 4.53. The van der Waals surface area contributed by atoms with E-state index < -0.39 is 11.8 Å². The van der Waals surface area contributed by atoms with Gasteiger partial charge in [-0.15, -0.1) is 0 Å². The Morgan fingerprint density at radius 3 is 2.51 bits per heavy atom. The molecule has 2 aromatic carbocycles. The lowest BCUT2D eigenvalue weighted by molar-refractivity contribution is -0.138. The van der Waals surface area contributed by atoms with Crippen molar-refractivity contribution in [3.05, 3.63) is 95.2 Å². The Balaban J connectivity index is 1.90. The number of imide groups is 1. The maximum atomic E-state index is 13.0. The van der Waals surface area contributed by atoms with Gasteiger partial charge in [0.15, 0.2) is 0 Å². The van der Waals surface area contributed by atoms with Gasteiger partial charge >= 0.3 is 0 Å². The highest BCUT2D eigenvalue weighted by atomic mass is 16.5. The van der Waals surface area contributed by atoms with E-state index in [1.807, 2.05) is 67.7 Å². The summed E-state index contributed by atoms with van der Waals surface area (Å²) < 4.78 is 7.44. The molecule has 0 saturated heterocycles. The maximum absolute atomic E-state index is 13.0. The van der Waals surface area contributed by atoms with Gasteiger partial charge in [-0.1, -0.05) is 30.9 Å². The van der Waals surface area contributed by atoms with E-state index in [9.17, 15) is 14.9 Å². The number of likely N-dealkylation sites (N-methyl/N-ethyl adjacent to an activating group) is 1. The first-order valence-electron chi connectivity index (χ1n) is 11.0. The molecule has 7 heteroatoms. The molecule has 0 saturated carbocycles. The van der Waals surface area contributed by atoms with Crippen molar-refractivity contribution in [1.82, 2.24) is 14.7 Å². The van der Waals surface area contributed by atoms with Crippen molar-refractivity contribution < 1.29 is 14.3 Å². The van der Waals surface area contributed by atoms with Gasteiger partial charge in [-0.2, -0.15) is 10.4 Å². The lowest BCUT2D eigenvalue weighted by atomic mass is 9.93. The van der Waals surface area contributed by atoms with Gasteiger partial charge in [0.05, 0.1) is 11.4 Å². The van der Waals surface area contributed by atoms with E-state index in [2.05, 4.69) is 6.58 Å². The number of carbonyl (C=O) groups excluding carboxylic acids is 2. The minimum absolute atomic E-state index is 0.0464. The fraction of sp³-hybridized carbons (Fsp3) is 0.143. The Labute approximate surface area is 203 Å². The van der Waals surface area contributed by atoms with Crippen LogP contribution in [0.1, 0.15) is 18.1 Å². The van der Waals surface area contributed by atoms with Crippen LogP contribution in [-0.4, -0.2) is 40.1 Å². The minimum Gasteiger partial charge on any atom is -0.489 e. The molecule has 0 atom stereocenters. The summed E-state index contributed by atoms with van der Waals surface area (Å²) in [7, 11) is 1.38. The number of amides is 2. The fourth-order valence-electron chi connectivity index (χ4n) is 3.89. The van der Waals surface area contributed by atoms with Gasteiger partial charge < -0.3 is 4.74 Å². The number of rotatable bonds is 6. The molecule has 0 unspecified atom stereocenters. The van der Waals surface area contributed by atoms with Gasteiger partial charge in [0.25, 0.3) is 11.8 Å². The average molecular weight is 465 g/mol. The standard InChI is InChI=1S/C28H24N4O3/c1-5-13-35-25-12-11-20(14-18(25)2)26-21(17-32(30-26)22-9-7-6-8-10-22)15-23-19(3)24(16-29)28(34)31(4)27(23)33/h5-12,14-15,17H,1,13H2,2-4H3/b23-15+. The van der Waals surface area contributed by atoms with Crippen LogP contribution in [-0.2, 0) is 9.59 Å². The molecule has 0 aliphatic carbocycles. The largest absolute Gasteiger partial charge is 0.489 e. The highest BCUT2D eigenvalue weighted by molar-refractivity contribution is 6.19. The molecule has 2 amide bonds. The van der Waals surface area contributed by atoms with E-state index in [1.165, 1.54) is 7.05 Å². The number of hydrogen-bond acceptors (Lipinski definition) is 5. The monoisotopic (exact) mass is 464 g/mol. The molecular formula is C28H24N4O3. The Bertz CT molecular complexity index is 1440. The van der Waals surface area contributed by atoms with Crippen LogP contribution in [0.25, 0.3) is 23.0 Å². The van der Waals surface area contributed by atoms with Gasteiger partial charge in [0.2, 0.25) is 0 Å². The third-order valence-electron chi connectivity index (χ3n) is 5.81. The number of ether oxygens (including phenoxy) is 1. The number of nitrogens with zero attached hydrogens (tertiary/aromatic N) is 4. The van der Waals surface area contributed by atoms with E-state index in [-0.39, 0.29) is 11.1 Å². The van der Waals surface area contributed by atoms with E-state index in [0.717, 1.165) is 27.5 Å². The number of aromatic nitrogens is 2. The van der Waals surface area contributed by atoms with Crippen LogP contribution in [0.5, 0.6) is 5.75 Å². The third kappa shape index (κ3) is 4.42. The lowest BCUT2D eigenvalue weighted by Gasteiger charge is -2.23. The van der Waals surface area contributed by atoms with Crippen LogP contribution in [0.2, 0.25) is 0 Å². The van der Waals surface area contributed by atoms with Crippen molar-refractivity contribution >= 4 is 17.9 Å². The van der Waals surface area contributed by atoms with Crippen LogP contribution in [0, 0.1) is 18.3 Å². The SMILES string of the molecule is C=CCOc1ccc(-c2nn(-c3ccccc3)cc2/C=C2/C(=O)N(C)C(=O)C(C#N)=C2C)cc1C. The van der Waals surface area contributed by atoms with Gasteiger partial charge in [0, 0.05) is 29.9 Å². The quantitative estimate of drug-likeness (QED) is 0.301. The summed E-state index contributed by atoms with van der Waals surface area (Å²) in [6, 6.07) is 17.3. The normalized spacial score (nSPS) is 14.9. The van der Waals surface area contributed by atoms with Crippen LogP contribution < -0.4 is 4.74 Å². The highest BCUT2D eigenvalue weighted by Gasteiger charge is 2.33. The van der Waals surface area contributed by atoms with Crippen molar-refractivity contribution in [3.63, 3.8) is 0 Å². The maximum Gasteiger partial charge on any atom is 0.271 e. The molecule has 3 aromatic rings. The van der Waals surface area contributed by atoms with Gasteiger partial charge in [-0.25, -0.2) is 4.68 Å². The van der Waals surface area contributed by atoms with Crippen molar-refractivity contribution in [1.29, 1.82) is 5.26 Å². The minimum atomic E-state index is -0.599. The second kappa shape index (κ2) is 9.65. The molecule has 4 rings (SSSR count). The number of carbonyl (C=O) groups is 2. The van der Waals surface area contributed by atoms with Gasteiger partial charge in [-0.05, 0) is 61.4 Å². The molecule has 1 aromatic heterocycles. The summed E-state index contributed by atoms with van der Waals surface area (Å²) in [6.45, 7) is 7.65. The molecule has 1 aliphatic rings. The third-order valence-corrected chi connectivity index (χ3v) is 5.81. The first kappa shape index (κ1) is 23.5. The molecule has 1 aliphatic heterocycles. The van der Waals surface area contributed by atoms with Gasteiger partial charge in [-0.3, -0.25) is 14.5 Å². The zero-order valence-corrected chi connectivity index (χ0v) is 19.8. The van der Waals surface area contributed by atoms with Crippen LogP contribution in [0.15, 0.2) is 84.1 Å². The fourth-order valence-corrected chi connectivity index (χ4v) is 3.89. The summed E-state index contributed by atoms with van der Waals surface area (Å²) in [5, 5.41) is 14.3. The van der Waals surface area contributed by atoms with Crippen molar-refractivity contribution in [2.75, 3.05) is 13.7 Å². The number of benzene rings is 2. The topological polar surface area (TPSA) is 88.2 Å². The second-order valence-electron chi connectivity index (χ2n) is 8.13. The lowest BCUT2D eigenvalue weighted by Crippen LogP contribution is -2.39. The van der Waals surface area contributed by atoms with E-state index >= 15 is 0 Å². The molecule has 7 nitrogen and oxygen atoms in total. The number of para-hydroxylation sites is 1. The van der Waals surface area contributed by atoms with E-state index in [4.69, 9.17) is 9.84 Å². The number of hydrogen-bond donors (Lipinski definition) is 0. The van der Waals surface area contributed by atoms with Gasteiger partial charge in [0.1, 0.15) is 24.0 Å². The predicted molar refractivity (Wildman–Crippen MR) is 133 cm³/mol. The Hall–Kier alpha value is -4.70. The highest BCUT2D eigenvalue weighted by Crippen LogP contribution is 2.32. The smallest absolute Gasteiger partial charge is 0.271 e. The Morgan fingerprint density at radius 1 is 1.11 bits per heavy atom. The number of nitriles is 1. The van der Waals surface area contributed by atoms with Crippen molar-refractivity contribution in [2.24, 2.45) is 0 Å². The van der Waals surface area contributed by atoms with E-state index in [0.29, 0.717) is 23.4 Å². The zero-order chi connectivity index (χ0) is 25.1. The Morgan fingerprint density at radius 2 is 1.86 bits per heavy atom. The number of aryl methyl sites for hydroxylation is 1. The molecular weight excluding hydrogens is 440 g/mol. The van der Waals surface area contributed by atoms with Crippen LogP contribution in [0.4, 0.5) is 0 Å². The van der Waals surface area contributed by atoms with E-state index in [1.54, 1.807) is 23.8 Å². The van der Waals surface area contributed by atoms with Crippen molar-refractivity contribution in [2.45, 2.75) is 13.8 Å². The summed E-state index contributed by atoms with van der Waals surface area (Å²) in [4.78, 5) is 26.3. The molecule has 0 N–H and O–H groups in total. The molecule has 174 valence electrons. The molecule has 0 radical (unpaired) electrons. The van der Waals surface area contributed by atoms with Crippen LogP contribution >= 0.6 is 0 Å². The Kier molecular flexibility index (Phi) is 6.47. The summed E-state index contributed by atoms with van der Waals surface area (Å²) in [6.07, 6.45) is 5.21. The predicted octanol–water partition coefficient (Wildman–Crippen LogP) is 4.63. The average Bonchev–Trinajstić information content (AvgIpc) is 3.29. The summed E-state index contributed by atoms with van der Waals surface area (Å²) >= 11 is 0. The zero-order valence-electron chi connectivity index (χ0n) is 19.8. The second-order valence-corrected chi connectivity index (χ2v) is 8.13. The molecule has 0 fully saturated rings. The van der Waals surface area contributed by atoms with Crippen LogP contribution in [0.3, 0.4) is 0 Å². The summed E-state index contributed by atoms with van der Waals surface area (Å²) in [5.74, 6) is -0.316. The first-order valence-corrected chi connectivity index (χ1v) is 11.0. The molecule has 2 heterocycles. The molecule has 0 spiro atoms. The molecule has 0 bridgehead atoms. The van der Waals surface area contributed by atoms with Crippen molar-refractivity contribution in [3.8, 4) is 28.8 Å². The first-order chi connectivity index (χ1) is 16.8. The molecule has 35 heavy (non-hydrogen) atoms.